The number of hydrogen-bond donors (Lipinski definition) is 1. The third-order valence-corrected chi connectivity index (χ3v) is 4.23. The summed E-state index contributed by atoms with van der Waals surface area (Å²) in [4.78, 5) is 12.4. The number of nitrogens with zero attached hydrogens (tertiary/aromatic N) is 1. The summed E-state index contributed by atoms with van der Waals surface area (Å²) in [6.07, 6.45) is 1.52. The normalized spacial score (nSPS) is 10.7. The standard InChI is InChI=1S/C19H17IN2O3/c1-3-25-18-11-13(8-9-17(18)24-2)10-14(12-21)19(23)22-16-7-5-4-6-15(16)20/h4-11H,3H2,1-2H3,(H,22,23)/b14-10+. The quantitative estimate of drug-likeness (QED) is 0.408. The Balaban J connectivity index is 2.28. The lowest BCUT2D eigenvalue weighted by molar-refractivity contribution is -0.112. The van der Waals surface area contributed by atoms with Gasteiger partial charge >= 0.3 is 0 Å². The fraction of sp³-hybridized carbons (Fsp3) is 0.158. The van der Waals surface area contributed by atoms with Gasteiger partial charge in [-0.1, -0.05) is 18.2 Å². The number of benzene rings is 2. The van der Waals surface area contributed by atoms with Crippen LogP contribution in [0.15, 0.2) is 48.0 Å². The Morgan fingerprint density at radius 1 is 1.28 bits per heavy atom. The monoisotopic (exact) mass is 448 g/mol. The molecule has 0 aliphatic heterocycles. The molecule has 2 rings (SSSR count). The van der Waals surface area contributed by atoms with E-state index in [9.17, 15) is 10.1 Å². The smallest absolute Gasteiger partial charge is 0.266 e. The van der Waals surface area contributed by atoms with E-state index in [0.29, 0.717) is 29.4 Å². The number of para-hydroxylation sites is 1. The molecule has 6 heteroatoms. The van der Waals surface area contributed by atoms with Gasteiger partial charge < -0.3 is 14.8 Å². The first kappa shape index (κ1) is 18.8. The Labute approximate surface area is 160 Å². The summed E-state index contributed by atoms with van der Waals surface area (Å²) in [5, 5.41) is 12.1. The van der Waals surface area contributed by atoms with Gasteiger partial charge in [0, 0.05) is 3.57 Å². The molecule has 0 saturated heterocycles. The van der Waals surface area contributed by atoms with Crippen molar-refractivity contribution in [1.82, 2.24) is 0 Å². The van der Waals surface area contributed by atoms with E-state index in [4.69, 9.17) is 9.47 Å². The Morgan fingerprint density at radius 2 is 2.04 bits per heavy atom. The zero-order valence-electron chi connectivity index (χ0n) is 13.9. The highest BCUT2D eigenvalue weighted by Crippen LogP contribution is 2.29. The van der Waals surface area contributed by atoms with Gasteiger partial charge in [0.2, 0.25) is 0 Å². The van der Waals surface area contributed by atoms with Gasteiger partial charge in [-0.2, -0.15) is 5.26 Å². The maximum absolute atomic E-state index is 12.4. The number of hydrogen-bond acceptors (Lipinski definition) is 4. The number of ether oxygens (including phenoxy) is 2. The lowest BCUT2D eigenvalue weighted by Gasteiger charge is -2.10. The molecule has 0 spiro atoms. The van der Waals surface area contributed by atoms with Crippen LogP contribution in [0.25, 0.3) is 6.08 Å². The van der Waals surface area contributed by atoms with Crippen molar-refractivity contribution in [3.63, 3.8) is 0 Å². The van der Waals surface area contributed by atoms with Crippen LogP contribution in [-0.4, -0.2) is 19.6 Å². The van der Waals surface area contributed by atoms with E-state index in [1.165, 1.54) is 6.08 Å². The largest absolute Gasteiger partial charge is 0.493 e. The number of nitriles is 1. The second-order valence-corrected chi connectivity index (χ2v) is 6.11. The van der Waals surface area contributed by atoms with Crippen molar-refractivity contribution in [3.8, 4) is 17.6 Å². The minimum atomic E-state index is -0.458. The van der Waals surface area contributed by atoms with Crippen LogP contribution in [0.1, 0.15) is 12.5 Å². The third kappa shape index (κ3) is 4.97. The number of carbonyl (C=O) groups excluding carboxylic acids is 1. The number of anilines is 1. The second kappa shape index (κ2) is 9.08. The molecule has 0 aliphatic rings. The van der Waals surface area contributed by atoms with Crippen molar-refractivity contribution < 1.29 is 14.3 Å². The molecule has 1 N–H and O–H groups in total. The van der Waals surface area contributed by atoms with Crippen LogP contribution < -0.4 is 14.8 Å². The Hall–Kier alpha value is -2.53. The summed E-state index contributed by atoms with van der Waals surface area (Å²) in [5.74, 6) is 0.704. The van der Waals surface area contributed by atoms with Gasteiger partial charge in [0.05, 0.1) is 19.4 Å². The summed E-state index contributed by atoms with van der Waals surface area (Å²) in [7, 11) is 1.56. The molecule has 0 unspecified atom stereocenters. The number of amides is 1. The van der Waals surface area contributed by atoms with Crippen LogP contribution in [0, 0.1) is 14.9 Å². The molecule has 25 heavy (non-hydrogen) atoms. The average Bonchev–Trinajstić information content (AvgIpc) is 2.62. The van der Waals surface area contributed by atoms with E-state index in [2.05, 4.69) is 27.9 Å². The van der Waals surface area contributed by atoms with Crippen LogP contribution >= 0.6 is 22.6 Å². The first-order valence-corrected chi connectivity index (χ1v) is 8.65. The molecule has 128 valence electrons. The Kier molecular flexibility index (Phi) is 6.83. The van der Waals surface area contributed by atoms with Gasteiger partial charge in [0.1, 0.15) is 11.6 Å². The summed E-state index contributed by atoms with van der Waals surface area (Å²) in [6.45, 7) is 2.36. The molecule has 0 radical (unpaired) electrons. The van der Waals surface area contributed by atoms with Gasteiger partial charge in [0.25, 0.3) is 5.91 Å². The van der Waals surface area contributed by atoms with Crippen molar-refractivity contribution >= 4 is 40.3 Å². The fourth-order valence-corrected chi connectivity index (χ4v) is 2.64. The zero-order valence-corrected chi connectivity index (χ0v) is 16.0. The average molecular weight is 448 g/mol. The van der Waals surface area contributed by atoms with Gasteiger partial charge in [-0.3, -0.25) is 4.79 Å². The van der Waals surface area contributed by atoms with E-state index in [1.807, 2.05) is 31.2 Å². The molecule has 0 fully saturated rings. The minimum Gasteiger partial charge on any atom is -0.493 e. The van der Waals surface area contributed by atoms with E-state index < -0.39 is 5.91 Å². The molecule has 2 aromatic rings. The lowest BCUT2D eigenvalue weighted by atomic mass is 10.1. The van der Waals surface area contributed by atoms with Crippen LogP contribution in [0.5, 0.6) is 11.5 Å². The summed E-state index contributed by atoms with van der Waals surface area (Å²) in [6, 6.07) is 14.6. The molecule has 0 aliphatic carbocycles. The molecule has 0 saturated carbocycles. The van der Waals surface area contributed by atoms with Crippen LogP contribution in [0.2, 0.25) is 0 Å². The molecule has 0 heterocycles. The van der Waals surface area contributed by atoms with Crippen molar-refractivity contribution in [3.05, 3.63) is 57.2 Å². The molecule has 0 atom stereocenters. The van der Waals surface area contributed by atoms with Gasteiger partial charge in [-0.15, -0.1) is 0 Å². The highest BCUT2D eigenvalue weighted by molar-refractivity contribution is 14.1. The Bertz CT molecular complexity index is 841. The van der Waals surface area contributed by atoms with Gasteiger partial charge in [-0.05, 0) is 65.4 Å². The molecular weight excluding hydrogens is 431 g/mol. The van der Waals surface area contributed by atoms with Crippen LogP contribution in [0.3, 0.4) is 0 Å². The molecule has 0 aromatic heterocycles. The van der Waals surface area contributed by atoms with E-state index in [1.54, 1.807) is 31.4 Å². The molecule has 1 amide bonds. The number of methoxy groups -OCH3 is 1. The first-order valence-electron chi connectivity index (χ1n) is 7.57. The highest BCUT2D eigenvalue weighted by atomic mass is 127. The molecular formula is C19H17IN2O3. The van der Waals surface area contributed by atoms with E-state index in [0.717, 1.165) is 3.57 Å². The molecule has 0 bridgehead atoms. The van der Waals surface area contributed by atoms with Gasteiger partial charge in [-0.25, -0.2) is 0 Å². The summed E-state index contributed by atoms with van der Waals surface area (Å²) < 4.78 is 11.6. The second-order valence-electron chi connectivity index (χ2n) is 4.95. The number of rotatable bonds is 6. The number of nitrogens with one attached hydrogen (secondary N) is 1. The van der Waals surface area contributed by atoms with Crippen LogP contribution in [-0.2, 0) is 4.79 Å². The summed E-state index contributed by atoms with van der Waals surface area (Å²) in [5.41, 5.74) is 1.35. The van der Waals surface area contributed by atoms with Crippen molar-refractivity contribution in [1.29, 1.82) is 5.26 Å². The summed E-state index contributed by atoms with van der Waals surface area (Å²) >= 11 is 2.13. The third-order valence-electron chi connectivity index (χ3n) is 3.29. The molecule has 2 aromatic carbocycles. The number of halogens is 1. The van der Waals surface area contributed by atoms with E-state index >= 15 is 0 Å². The predicted octanol–water partition coefficient (Wildman–Crippen LogP) is 4.24. The first-order chi connectivity index (χ1) is 12.1. The highest BCUT2D eigenvalue weighted by Gasteiger charge is 2.12. The maximum Gasteiger partial charge on any atom is 0.266 e. The van der Waals surface area contributed by atoms with Gasteiger partial charge in [0.15, 0.2) is 11.5 Å². The number of carbonyl (C=O) groups is 1. The lowest BCUT2D eigenvalue weighted by Crippen LogP contribution is -2.14. The van der Waals surface area contributed by atoms with Crippen LogP contribution in [0.4, 0.5) is 5.69 Å². The Morgan fingerprint density at radius 3 is 2.68 bits per heavy atom. The van der Waals surface area contributed by atoms with E-state index in [-0.39, 0.29) is 5.57 Å². The topological polar surface area (TPSA) is 71.3 Å². The predicted molar refractivity (Wildman–Crippen MR) is 106 cm³/mol. The molecule has 5 nitrogen and oxygen atoms in total. The van der Waals surface area contributed by atoms with Crippen molar-refractivity contribution in [2.24, 2.45) is 0 Å². The fourth-order valence-electron chi connectivity index (χ4n) is 2.12. The maximum atomic E-state index is 12.4. The minimum absolute atomic E-state index is 0.00673. The zero-order chi connectivity index (χ0) is 18.2. The van der Waals surface area contributed by atoms with Crippen molar-refractivity contribution in [2.45, 2.75) is 6.92 Å². The SMILES string of the molecule is CCOc1cc(/C=C(\C#N)C(=O)Nc2ccccc2I)ccc1OC. The van der Waals surface area contributed by atoms with Crippen molar-refractivity contribution in [2.75, 3.05) is 19.0 Å².